The van der Waals surface area contributed by atoms with Gasteiger partial charge in [-0.2, -0.15) is 0 Å². The molecule has 0 spiro atoms. The molecule has 0 amide bonds. The fourth-order valence-corrected chi connectivity index (χ4v) is 4.72. The lowest BCUT2D eigenvalue weighted by Gasteiger charge is -2.07. The zero-order chi connectivity index (χ0) is 13.3. The van der Waals surface area contributed by atoms with Crippen molar-refractivity contribution in [1.29, 1.82) is 0 Å². The summed E-state index contributed by atoms with van der Waals surface area (Å²) in [6, 6.07) is 5.86. The van der Waals surface area contributed by atoms with Crippen molar-refractivity contribution in [3.63, 3.8) is 0 Å². The summed E-state index contributed by atoms with van der Waals surface area (Å²) in [7, 11) is -3.68. The predicted molar refractivity (Wildman–Crippen MR) is 74.0 cm³/mol. The topological polar surface area (TPSA) is 46.2 Å². The van der Waals surface area contributed by atoms with Gasteiger partial charge in [-0.1, -0.05) is 6.07 Å². The summed E-state index contributed by atoms with van der Waals surface area (Å²) < 4.78 is 40.4. The van der Waals surface area contributed by atoms with E-state index in [-0.39, 0.29) is 9.90 Å². The van der Waals surface area contributed by atoms with Crippen LogP contribution in [-0.4, -0.2) is 8.42 Å². The van der Waals surface area contributed by atoms with E-state index in [9.17, 15) is 12.8 Å². The Labute approximate surface area is 117 Å². The third-order valence-corrected chi connectivity index (χ3v) is 6.30. The monoisotopic (exact) mass is 349 g/mol. The van der Waals surface area contributed by atoms with Crippen molar-refractivity contribution in [3.05, 3.63) is 45.5 Å². The number of anilines is 1. The standard InChI is InChI=1S/C11H9BrFNO2S2/c1-7-2-3-8(6-10(7)13)14-18(15,16)11-9(12)4-5-17-11/h2-6,14H,1H3. The van der Waals surface area contributed by atoms with Crippen LogP contribution in [0.25, 0.3) is 0 Å². The first-order valence-electron chi connectivity index (χ1n) is 4.92. The molecule has 1 aromatic heterocycles. The number of benzene rings is 1. The Morgan fingerprint density at radius 2 is 2.06 bits per heavy atom. The maximum Gasteiger partial charge on any atom is 0.272 e. The van der Waals surface area contributed by atoms with Gasteiger partial charge in [0.15, 0.2) is 4.21 Å². The number of hydrogen-bond donors (Lipinski definition) is 1. The molecule has 0 saturated heterocycles. The number of aryl methyl sites for hydroxylation is 1. The maximum atomic E-state index is 13.3. The van der Waals surface area contributed by atoms with Gasteiger partial charge in [-0.25, -0.2) is 12.8 Å². The van der Waals surface area contributed by atoms with Gasteiger partial charge in [0.2, 0.25) is 0 Å². The molecule has 7 heteroatoms. The average molecular weight is 350 g/mol. The molecule has 0 fully saturated rings. The summed E-state index contributed by atoms with van der Waals surface area (Å²) in [4.78, 5) is 0. The van der Waals surface area contributed by atoms with Crippen LogP contribution in [0.2, 0.25) is 0 Å². The first-order chi connectivity index (χ1) is 8.40. The summed E-state index contributed by atoms with van der Waals surface area (Å²) in [6.45, 7) is 1.61. The number of hydrogen-bond acceptors (Lipinski definition) is 3. The van der Waals surface area contributed by atoms with E-state index in [1.54, 1.807) is 18.4 Å². The number of sulfonamides is 1. The minimum absolute atomic E-state index is 0.170. The quantitative estimate of drug-likeness (QED) is 0.916. The van der Waals surface area contributed by atoms with Crippen molar-refractivity contribution in [2.75, 3.05) is 4.72 Å². The summed E-state index contributed by atoms with van der Waals surface area (Å²) in [5, 5.41) is 1.66. The van der Waals surface area contributed by atoms with Gasteiger partial charge in [0.1, 0.15) is 5.82 Å². The Morgan fingerprint density at radius 3 is 2.61 bits per heavy atom. The minimum atomic E-state index is -3.68. The second-order valence-corrected chi connectivity index (χ2v) is 7.27. The van der Waals surface area contributed by atoms with E-state index in [4.69, 9.17) is 0 Å². The number of nitrogens with one attached hydrogen (secondary N) is 1. The van der Waals surface area contributed by atoms with Gasteiger partial charge >= 0.3 is 0 Å². The highest BCUT2D eigenvalue weighted by atomic mass is 79.9. The van der Waals surface area contributed by atoms with Gasteiger partial charge in [0, 0.05) is 4.47 Å². The van der Waals surface area contributed by atoms with E-state index in [2.05, 4.69) is 20.7 Å². The molecule has 1 heterocycles. The molecule has 0 saturated carbocycles. The fourth-order valence-electron chi connectivity index (χ4n) is 1.33. The summed E-state index contributed by atoms with van der Waals surface area (Å²) >= 11 is 4.25. The van der Waals surface area contributed by atoms with Crippen molar-refractivity contribution in [1.82, 2.24) is 0 Å². The molecule has 0 radical (unpaired) electrons. The van der Waals surface area contributed by atoms with Crippen molar-refractivity contribution in [2.45, 2.75) is 11.1 Å². The zero-order valence-corrected chi connectivity index (χ0v) is 12.5. The van der Waals surface area contributed by atoms with Crippen LogP contribution >= 0.6 is 27.3 Å². The van der Waals surface area contributed by atoms with Crippen molar-refractivity contribution >= 4 is 43.0 Å². The van der Waals surface area contributed by atoms with Gasteiger partial charge in [0.05, 0.1) is 5.69 Å². The van der Waals surface area contributed by atoms with E-state index in [0.717, 1.165) is 17.4 Å². The molecule has 0 atom stereocenters. The fraction of sp³-hybridized carbons (Fsp3) is 0.0909. The van der Waals surface area contributed by atoms with Crippen LogP contribution in [0.1, 0.15) is 5.56 Å². The Morgan fingerprint density at radius 1 is 1.33 bits per heavy atom. The molecule has 1 N–H and O–H groups in total. The number of halogens is 2. The van der Waals surface area contributed by atoms with Crippen molar-refractivity contribution in [2.24, 2.45) is 0 Å². The lowest BCUT2D eigenvalue weighted by molar-refractivity contribution is 0.602. The van der Waals surface area contributed by atoms with Gasteiger partial charge in [-0.05, 0) is 52.0 Å². The lowest BCUT2D eigenvalue weighted by atomic mass is 10.2. The van der Waals surface area contributed by atoms with Gasteiger partial charge in [-0.15, -0.1) is 11.3 Å². The Kier molecular flexibility index (Phi) is 3.74. The smallest absolute Gasteiger partial charge is 0.272 e. The second kappa shape index (κ2) is 4.99. The zero-order valence-electron chi connectivity index (χ0n) is 9.28. The summed E-state index contributed by atoms with van der Waals surface area (Å²) in [5.41, 5.74) is 0.675. The molecule has 0 aliphatic carbocycles. The summed E-state index contributed by atoms with van der Waals surface area (Å²) in [5.74, 6) is -0.444. The largest absolute Gasteiger partial charge is 0.279 e. The van der Waals surface area contributed by atoms with Crippen molar-refractivity contribution in [3.8, 4) is 0 Å². The molecule has 18 heavy (non-hydrogen) atoms. The van der Waals surface area contributed by atoms with E-state index in [1.807, 2.05) is 0 Å². The molecule has 0 bridgehead atoms. The van der Waals surface area contributed by atoms with Gasteiger partial charge < -0.3 is 0 Å². The van der Waals surface area contributed by atoms with Crippen LogP contribution in [0.15, 0.2) is 38.3 Å². The molecule has 2 aromatic rings. The molecular weight excluding hydrogens is 341 g/mol. The predicted octanol–water partition coefficient (Wildman–Crippen LogP) is 3.76. The third-order valence-electron chi connectivity index (χ3n) is 2.25. The molecule has 96 valence electrons. The SMILES string of the molecule is Cc1ccc(NS(=O)(=O)c2sccc2Br)cc1F. The molecule has 1 aromatic carbocycles. The summed E-state index contributed by atoms with van der Waals surface area (Å²) in [6.07, 6.45) is 0. The van der Waals surface area contributed by atoms with E-state index >= 15 is 0 Å². The van der Waals surface area contributed by atoms with Gasteiger partial charge in [0.25, 0.3) is 10.0 Å². The van der Waals surface area contributed by atoms with Crippen LogP contribution in [0.4, 0.5) is 10.1 Å². The first kappa shape index (κ1) is 13.5. The van der Waals surface area contributed by atoms with Crippen LogP contribution in [0.3, 0.4) is 0 Å². The number of rotatable bonds is 3. The highest BCUT2D eigenvalue weighted by Crippen LogP contribution is 2.29. The lowest BCUT2D eigenvalue weighted by Crippen LogP contribution is -2.12. The van der Waals surface area contributed by atoms with E-state index in [1.165, 1.54) is 12.1 Å². The first-order valence-corrected chi connectivity index (χ1v) is 8.08. The van der Waals surface area contributed by atoms with Crippen molar-refractivity contribution < 1.29 is 12.8 Å². The number of thiophene rings is 1. The normalized spacial score (nSPS) is 11.5. The highest BCUT2D eigenvalue weighted by molar-refractivity contribution is 9.10. The van der Waals surface area contributed by atoms with Crippen LogP contribution in [0.5, 0.6) is 0 Å². The Bertz CT molecular complexity index is 682. The molecule has 0 unspecified atom stereocenters. The molecule has 0 aliphatic heterocycles. The maximum absolute atomic E-state index is 13.3. The minimum Gasteiger partial charge on any atom is -0.279 e. The van der Waals surface area contributed by atoms with Gasteiger partial charge in [-0.3, -0.25) is 4.72 Å². The molecular formula is C11H9BrFNO2S2. The Hall–Kier alpha value is -0.920. The van der Waals surface area contributed by atoms with Crippen LogP contribution in [0, 0.1) is 12.7 Å². The molecule has 3 nitrogen and oxygen atoms in total. The van der Waals surface area contributed by atoms with Crippen LogP contribution < -0.4 is 4.72 Å². The highest BCUT2D eigenvalue weighted by Gasteiger charge is 2.19. The Balaban J connectivity index is 2.34. The van der Waals surface area contributed by atoms with E-state index < -0.39 is 15.8 Å². The second-order valence-electron chi connectivity index (χ2n) is 3.63. The third kappa shape index (κ3) is 2.73. The van der Waals surface area contributed by atoms with Crippen LogP contribution in [-0.2, 0) is 10.0 Å². The molecule has 0 aliphatic rings. The molecule has 2 rings (SSSR count). The van der Waals surface area contributed by atoms with E-state index in [0.29, 0.717) is 10.0 Å². The average Bonchev–Trinajstić information content (AvgIpc) is 2.70.